The van der Waals surface area contributed by atoms with Crippen molar-refractivity contribution in [3.05, 3.63) is 41.3 Å². The molecular formula is C19H23N3O4S. The Bertz CT molecular complexity index is 730. The van der Waals surface area contributed by atoms with Crippen LogP contribution in [0.2, 0.25) is 0 Å². The summed E-state index contributed by atoms with van der Waals surface area (Å²) in [4.78, 5) is 41.8. The van der Waals surface area contributed by atoms with Gasteiger partial charge in [0, 0.05) is 26.2 Å². The number of nitrogens with zero attached hydrogens (tertiary/aromatic N) is 3. The summed E-state index contributed by atoms with van der Waals surface area (Å²) in [5.74, 6) is 0.153. The van der Waals surface area contributed by atoms with E-state index in [1.54, 1.807) is 21.6 Å². The van der Waals surface area contributed by atoms with E-state index in [0.29, 0.717) is 38.5 Å². The zero-order valence-corrected chi connectivity index (χ0v) is 16.1. The van der Waals surface area contributed by atoms with Gasteiger partial charge in [0.15, 0.2) is 0 Å². The molecule has 0 saturated carbocycles. The molecule has 0 atom stereocenters. The van der Waals surface area contributed by atoms with Crippen LogP contribution >= 0.6 is 11.8 Å². The predicted molar refractivity (Wildman–Crippen MR) is 104 cm³/mol. The van der Waals surface area contributed by atoms with Crippen LogP contribution < -0.4 is 0 Å². The average Bonchev–Trinajstić information content (AvgIpc) is 2.70. The van der Waals surface area contributed by atoms with Crippen molar-refractivity contribution in [3.8, 4) is 0 Å². The Morgan fingerprint density at radius 3 is 2.41 bits per heavy atom. The molecule has 0 unspecified atom stereocenters. The number of thioether (sulfide) groups is 1. The van der Waals surface area contributed by atoms with Gasteiger partial charge in [-0.05, 0) is 17.9 Å². The van der Waals surface area contributed by atoms with Gasteiger partial charge in [-0.3, -0.25) is 9.59 Å². The third-order valence-electron chi connectivity index (χ3n) is 4.51. The van der Waals surface area contributed by atoms with Gasteiger partial charge in [-0.1, -0.05) is 30.3 Å². The first-order valence-electron chi connectivity index (χ1n) is 8.97. The lowest BCUT2D eigenvalue weighted by atomic mass is 10.1. The summed E-state index contributed by atoms with van der Waals surface area (Å²) in [6, 6.07) is 9.60. The van der Waals surface area contributed by atoms with Crippen molar-refractivity contribution in [1.29, 1.82) is 0 Å². The number of hydrogen-bond acceptors (Lipinski definition) is 5. The van der Waals surface area contributed by atoms with Crippen molar-refractivity contribution < 1.29 is 19.1 Å². The second-order valence-corrected chi connectivity index (χ2v) is 7.08. The van der Waals surface area contributed by atoms with Crippen LogP contribution in [0.4, 0.5) is 4.79 Å². The Morgan fingerprint density at radius 2 is 1.74 bits per heavy atom. The zero-order valence-electron chi connectivity index (χ0n) is 15.3. The number of amides is 3. The van der Waals surface area contributed by atoms with Gasteiger partial charge in [0.05, 0.1) is 18.1 Å². The lowest BCUT2D eigenvalue weighted by Crippen LogP contribution is -2.53. The van der Waals surface area contributed by atoms with Crippen LogP contribution in [0.25, 0.3) is 5.70 Å². The lowest BCUT2D eigenvalue weighted by Gasteiger charge is -2.36. The highest BCUT2D eigenvalue weighted by Crippen LogP contribution is 2.28. The molecule has 27 heavy (non-hydrogen) atoms. The molecule has 1 fully saturated rings. The summed E-state index contributed by atoms with van der Waals surface area (Å²) in [5, 5.41) is 1.93. The maximum atomic E-state index is 12.8. The van der Waals surface area contributed by atoms with E-state index >= 15 is 0 Å². The molecule has 3 rings (SSSR count). The van der Waals surface area contributed by atoms with Gasteiger partial charge in [-0.15, -0.1) is 11.8 Å². The van der Waals surface area contributed by atoms with Gasteiger partial charge < -0.3 is 19.4 Å². The smallest absolute Gasteiger partial charge is 0.409 e. The molecule has 7 nitrogen and oxygen atoms in total. The minimum absolute atomic E-state index is 0.0134. The number of benzene rings is 1. The molecule has 0 aliphatic carbocycles. The van der Waals surface area contributed by atoms with Crippen molar-refractivity contribution in [1.82, 2.24) is 14.7 Å². The fraction of sp³-hybridized carbons (Fsp3) is 0.421. The first-order chi connectivity index (χ1) is 13.1. The van der Waals surface area contributed by atoms with Crippen molar-refractivity contribution >= 4 is 35.4 Å². The first kappa shape index (κ1) is 19.3. The Morgan fingerprint density at radius 1 is 1.07 bits per heavy atom. The molecule has 0 spiro atoms. The van der Waals surface area contributed by atoms with Crippen LogP contribution in [0.3, 0.4) is 0 Å². The maximum absolute atomic E-state index is 12.8. The molecule has 144 valence electrons. The van der Waals surface area contributed by atoms with E-state index in [2.05, 4.69) is 0 Å². The van der Waals surface area contributed by atoms with Crippen LogP contribution in [0, 0.1) is 0 Å². The second kappa shape index (κ2) is 8.94. The summed E-state index contributed by atoms with van der Waals surface area (Å²) in [5.41, 5.74) is 1.67. The van der Waals surface area contributed by atoms with Gasteiger partial charge in [-0.2, -0.15) is 0 Å². The Kier molecular flexibility index (Phi) is 6.39. The molecule has 0 bridgehead atoms. The van der Waals surface area contributed by atoms with Crippen LogP contribution in [-0.2, 0) is 14.3 Å². The highest BCUT2D eigenvalue weighted by atomic mass is 32.2. The largest absolute Gasteiger partial charge is 0.450 e. The monoisotopic (exact) mass is 389 g/mol. The normalized spacial score (nSPS) is 17.6. The highest BCUT2D eigenvalue weighted by molar-refractivity contribution is 8.03. The molecule has 1 saturated heterocycles. The standard InChI is InChI=1S/C19H23N3O4S/c1-2-26-19(25)21-10-8-20(9-11-21)17(23)12-22-16(13-27-14-18(22)24)15-6-4-3-5-7-15/h3-7,13H,2,8-12,14H2,1H3. The van der Waals surface area contributed by atoms with Crippen LogP contribution in [0.1, 0.15) is 12.5 Å². The molecular weight excluding hydrogens is 366 g/mol. The second-order valence-electron chi connectivity index (χ2n) is 6.23. The number of rotatable bonds is 4. The van der Waals surface area contributed by atoms with Crippen molar-refractivity contribution in [3.63, 3.8) is 0 Å². The van der Waals surface area contributed by atoms with E-state index in [0.717, 1.165) is 11.3 Å². The molecule has 2 heterocycles. The summed E-state index contributed by atoms with van der Waals surface area (Å²) in [7, 11) is 0. The molecule has 8 heteroatoms. The molecule has 0 aromatic heterocycles. The lowest BCUT2D eigenvalue weighted by molar-refractivity contribution is -0.137. The summed E-state index contributed by atoms with van der Waals surface area (Å²) >= 11 is 1.44. The van der Waals surface area contributed by atoms with E-state index in [9.17, 15) is 14.4 Å². The third kappa shape index (κ3) is 4.63. The number of hydrogen-bond donors (Lipinski definition) is 0. The minimum atomic E-state index is -0.345. The number of piperazine rings is 1. The summed E-state index contributed by atoms with van der Waals surface area (Å²) in [6.07, 6.45) is -0.345. The molecule has 1 aromatic rings. The molecule has 0 radical (unpaired) electrons. The minimum Gasteiger partial charge on any atom is -0.450 e. The quantitative estimate of drug-likeness (QED) is 0.786. The molecule has 2 aliphatic heterocycles. The Hall–Kier alpha value is -2.48. The van der Waals surface area contributed by atoms with Crippen LogP contribution in [-0.4, -0.2) is 77.7 Å². The van der Waals surface area contributed by atoms with Crippen molar-refractivity contribution in [2.45, 2.75) is 6.92 Å². The topological polar surface area (TPSA) is 70.2 Å². The maximum Gasteiger partial charge on any atom is 0.409 e. The van der Waals surface area contributed by atoms with E-state index in [1.807, 2.05) is 35.7 Å². The van der Waals surface area contributed by atoms with Gasteiger partial charge in [0.1, 0.15) is 6.54 Å². The SMILES string of the molecule is CCOC(=O)N1CCN(C(=O)CN2C(=O)CSC=C2c2ccccc2)CC1. The molecule has 2 aliphatic rings. The van der Waals surface area contributed by atoms with Crippen molar-refractivity contribution in [2.24, 2.45) is 0 Å². The fourth-order valence-electron chi connectivity index (χ4n) is 3.06. The van der Waals surface area contributed by atoms with E-state index in [-0.39, 0.29) is 24.5 Å². The van der Waals surface area contributed by atoms with Crippen LogP contribution in [0.5, 0.6) is 0 Å². The van der Waals surface area contributed by atoms with Crippen molar-refractivity contribution in [2.75, 3.05) is 45.1 Å². The predicted octanol–water partition coefficient (Wildman–Crippen LogP) is 1.86. The number of carbonyl (C=O) groups excluding carboxylic acids is 3. The van der Waals surface area contributed by atoms with E-state index < -0.39 is 0 Å². The fourth-order valence-corrected chi connectivity index (χ4v) is 3.87. The van der Waals surface area contributed by atoms with Crippen LogP contribution in [0.15, 0.2) is 35.7 Å². The average molecular weight is 389 g/mol. The Balaban J connectivity index is 1.63. The molecule has 0 N–H and O–H groups in total. The first-order valence-corrected chi connectivity index (χ1v) is 10.0. The molecule has 1 aromatic carbocycles. The molecule has 3 amide bonds. The Labute approximate surface area is 162 Å². The third-order valence-corrected chi connectivity index (χ3v) is 5.32. The summed E-state index contributed by atoms with van der Waals surface area (Å²) < 4.78 is 5.00. The van der Waals surface area contributed by atoms with Gasteiger partial charge in [0.25, 0.3) is 0 Å². The highest BCUT2D eigenvalue weighted by Gasteiger charge is 2.30. The van der Waals surface area contributed by atoms with E-state index in [4.69, 9.17) is 4.74 Å². The number of carbonyl (C=O) groups is 3. The summed E-state index contributed by atoms with van der Waals surface area (Å²) in [6.45, 7) is 3.88. The van der Waals surface area contributed by atoms with Gasteiger partial charge in [0.2, 0.25) is 11.8 Å². The van der Waals surface area contributed by atoms with Gasteiger partial charge >= 0.3 is 6.09 Å². The zero-order chi connectivity index (χ0) is 19.2. The number of ether oxygens (including phenoxy) is 1. The van der Waals surface area contributed by atoms with Gasteiger partial charge in [-0.25, -0.2) is 4.79 Å². The van der Waals surface area contributed by atoms with E-state index in [1.165, 1.54) is 11.8 Å².